The molecule has 0 radical (unpaired) electrons. The summed E-state index contributed by atoms with van der Waals surface area (Å²) in [5.74, 6) is -2.61. The average molecular weight is 238 g/mol. The highest BCUT2D eigenvalue weighted by molar-refractivity contribution is 7.08. The van der Waals surface area contributed by atoms with Crippen molar-refractivity contribution in [1.29, 1.82) is 0 Å². The van der Waals surface area contributed by atoms with Gasteiger partial charge in [-0.3, -0.25) is 0 Å². The molecule has 1 aromatic rings. The number of hydrogen-bond acceptors (Lipinski definition) is 3. The Morgan fingerprint density at radius 3 is 2.31 bits per heavy atom. The fraction of sp³-hybridized carbons (Fsp3) is 0.0909. The Balaban J connectivity index is 3.31. The van der Waals surface area contributed by atoms with Gasteiger partial charge in [0.05, 0.1) is 11.1 Å². The van der Waals surface area contributed by atoms with E-state index in [1.54, 1.807) is 23.8 Å². The molecule has 0 aliphatic carbocycles. The number of carboxylic acids is 2. The summed E-state index contributed by atoms with van der Waals surface area (Å²) in [7, 11) is 0. The normalized spacial score (nSPS) is 11.8. The molecule has 1 heterocycles. The van der Waals surface area contributed by atoms with Gasteiger partial charge >= 0.3 is 11.9 Å². The number of thiophene rings is 1. The van der Waals surface area contributed by atoms with Crippen molar-refractivity contribution in [1.82, 2.24) is 0 Å². The Labute approximate surface area is 96.2 Å². The van der Waals surface area contributed by atoms with E-state index in [1.807, 2.05) is 0 Å². The fourth-order valence-corrected chi connectivity index (χ4v) is 1.95. The zero-order valence-corrected chi connectivity index (χ0v) is 9.37. The maximum Gasteiger partial charge on any atom is 0.336 e. The van der Waals surface area contributed by atoms with Crippen LogP contribution in [0.15, 0.2) is 34.6 Å². The minimum atomic E-state index is -1.33. The molecule has 0 saturated carbocycles. The van der Waals surface area contributed by atoms with Gasteiger partial charge in [-0.2, -0.15) is 11.3 Å². The maximum absolute atomic E-state index is 11.0. The van der Waals surface area contributed by atoms with Crippen molar-refractivity contribution in [3.63, 3.8) is 0 Å². The quantitative estimate of drug-likeness (QED) is 0.623. The lowest BCUT2D eigenvalue weighted by Crippen LogP contribution is -2.11. The Hall–Kier alpha value is -1.88. The van der Waals surface area contributed by atoms with Crippen LogP contribution < -0.4 is 0 Å². The van der Waals surface area contributed by atoms with E-state index in [4.69, 9.17) is 10.2 Å². The van der Waals surface area contributed by atoms with E-state index in [9.17, 15) is 9.59 Å². The van der Waals surface area contributed by atoms with Crippen molar-refractivity contribution < 1.29 is 19.8 Å². The van der Waals surface area contributed by atoms with Crippen molar-refractivity contribution in [2.45, 2.75) is 6.92 Å². The van der Waals surface area contributed by atoms with E-state index >= 15 is 0 Å². The lowest BCUT2D eigenvalue weighted by atomic mass is 9.98. The monoisotopic (exact) mass is 238 g/mol. The molecule has 1 rings (SSSR count). The van der Waals surface area contributed by atoms with Gasteiger partial charge in [-0.15, -0.1) is 0 Å². The van der Waals surface area contributed by atoms with Crippen molar-refractivity contribution in [2.24, 2.45) is 0 Å². The molecule has 0 amide bonds. The molecule has 16 heavy (non-hydrogen) atoms. The maximum atomic E-state index is 11.0. The second-order valence-corrected chi connectivity index (χ2v) is 3.88. The summed E-state index contributed by atoms with van der Waals surface area (Å²) in [4.78, 5) is 21.7. The van der Waals surface area contributed by atoms with E-state index in [0.29, 0.717) is 11.1 Å². The van der Waals surface area contributed by atoms with E-state index in [0.717, 1.165) is 0 Å². The Kier molecular flexibility index (Phi) is 3.63. The highest BCUT2D eigenvalue weighted by atomic mass is 32.1. The van der Waals surface area contributed by atoms with Gasteiger partial charge in [0.15, 0.2) is 0 Å². The van der Waals surface area contributed by atoms with Crippen LogP contribution in [0.1, 0.15) is 12.5 Å². The van der Waals surface area contributed by atoms with Gasteiger partial charge in [-0.1, -0.05) is 6.58 Å². The van der Waals surface area contributed by atoms with E-state index in [-0.39, 0.29) is 5.57 Å². The minimum absolute atomic E-state index is 0.258. The van der Waals surface area contributed by atoms with Crippen LogP contribution in [-0.4, -0.2) is 22.2 Å². The first kappa shape index (κ1) is 12.2. The minimum Gasteiger partial charge on any atom is -0.478 e. The number of rotatable bonds is 4. The molecule has 0 aliphatic heterocycles. The number of allylic oxidation sites excluding steroid dienone is 1. The van der Waals surface area contributed by atoms with Gasteiger partial charge in [0.25, 0.3) is 0 Å². The van der Waals surface area contributed by atoms with Gasteiger partial charge in [0, 0.05) is 0 Å². The Bertz CT molecular complexity index is 468. The number of carboxylic acid groups (broad SMARTS) is 2. The lowest BCUT2D eigenvalue weighted by molar-refractivity contribution is -0.136. The van der Waals surface area contributed by atoms with Crippen LogP contribution >= 0.6 is 11.3 Å². The molecule has 5 heteroatoms. The highest BCUT2D eigenvalue weighted by Crippen LogP contribution is 2.24. The first-order valence-electron chi connectivity index (χ1n) is 4.34. The third-order valence-corrected chi connectivity index (χ3v) is 2.79. The van der Waals surface area contributed by atoms with Crippen LogP contribution in [-0.2, 0) is 9.59 Å². The van der Waals surface area contributed by atoms with Gasteiger partial charge in [0.1, 0.15) is 0 Å². The molecule has 0 aliphatic rings. The smallest absolute Gasteiger partial charge is 0.336 e. The molecule has 0 unspecified atom stereocenters. The van der Waals surface area contributed by atoms with Crippen LogP contribution in [0.25, 0.3) is 5.57 Å². The largest absolute Gasteiger partial charge is 0.478 e. The van der Waals surface area contributed by atoms with Crippen molar-refractivity contribution in [3.8, 4) is 0 Å². The first-order valence-corrected chi connectivity index (χ1v) is 5.28. The molecule has 0 bridgehead atoms. The van der Waals surface area contributed by atoms with Gasteiger partial charge in [0.2, 0.25) is 0 Å². The van der Waals surface area contributed by atoms with Crippen LogP contribution in [0.3, 0.4) is 0 Å². The predicted molar refractivity (Wildman–Crippen MR) is 61.3 cm³/mol. The summed E-state index contributed by atoms with van der Waals surface area (Å²) >= 11 is 1.41. The molecule has 0 spiro atoms. The SMILES string of the molecule is C=C(C(=O)O)/C(C(=O)O)=C(/C)c1ccsc1. The van der Waals surface area contributed by atoms with Crippen LogP contribution in [0.5, 0.6) is 0 Å². The molecule has 2 N–H and O–H groups in total. The zero-order chi connectivity index (χ0) is 12.3. The summed E-state index contributed by atoms with van der Waals surface area (Å²) in [6.07, 6.45) is 0. The van der Waals surface area contributed by atoms with E-state index < -0.39 is 17.5 Å². The lowest BCUT2D eigenvalue weighted by Gasteiger charge is -2.06. The second kappa shape index (κ2) is 4.76. The van der Waals surface area contributed by atoms with Gasteiger partial charge < -0.3 is 10.2 Å². The third kappa shape index (κ3) is 2.38. The molecule has 0 aromatic carbocycles. The third-order valence-electron chi connectivity index (χ3n) is 2.10. The second-order valence-electron chi connectivity index (χ2n) is 3.10. The van der Waals surface area contributed by atoms with Crippen molar-refractivity contribution >= 4 is 28.8 Å². The van der Waals surface area contributed by atoms with Gasteiger partial charge in [-0.25, -0.2) is 9.59 Å². The average Bonchev–Trinajstić information content (AvgIpc) is 2.69. The summed E-state index contributed by atoms with van der Waals surface area (Å²) in [6, 6.07) is 1.73. The summed E-state index contributed by atoms with van der Waals surface area (Å²) in [5.41, 5.74) is 0.438. The summed E-state index contributed by atoms with van der Waals surface area (Å²) in [6.45, 7) is 4.84. The highest BCUT2D eigenvalue weighted by Gasteiger charge is 2.21. The summed E-state index contributed by atoms with van der Waals surface area (Å²) < 4.78 is 0. The molecule has 0 saturated heterocycles. The number of carbonyl (C=O) groups is 2. The molecular formula is C11H10O4S. The van der Waals surface area contributed by atoms with Crippen LogP contribution in [0.2, 0.25) is 0 Å². The van der Waals surface area contributed by atoms with E-state index in [1.165, 1.54) is 11.3 Å². The predicted octanol–water partition coefficient (Wildman–Crippen LogP) is 2.25. The number of hydrogen-bond donors (Lipinski definition) is 2. The fourth-order valence-electron chi connectivity index (χ4n) is 1.24. The Morgan fingerprint density at radius 1 is 1.31 bits per heavy atom. The molecule has 4 nitrogen and oxygen atoms in total. The standard InChI is InChI=1S/C11H10O4S/c1-6(8-3-4-16-5-8)9(11(14)15)7(2)10(12)13/h3-5H,2H2,1H3,(H,12,13)(H,14,15)/b9-6+. The first-order chi connectivity index (χ1) is 7.45. The molecule has 0 atom stereocenters. The molecular weight excluding hydrogens is 228 g/mol. The van der Waals surface area contributed by atoms with E-state index in [2.05, 4.69) is 6.58 Å². The summed E-state index contributed by atoms with van der Waals surface area (Å²) in [5, 5.41) is 21.3. The van der Waals surface area contributed by atoms with Crippen LogP contribution in [0, 0.1) is 0 Å². The van der Waals surface area contributed by atoms with Crippen LogP contribution in [0.4, 0.5) is 0 Å². The van der Waals surface area contributed by atoms with Crippen molar-refractivity contribution in [3.05, 3.63) is 40.1 Å². The van der Waals surface area contributed by atoms with Gasteiger partial charge in [-0.05, 0) is 34.9 Å². The topological polar surface area (TPSA) is 74.6 Å². The number of aliphatic carboxylic acids is 2. The van der Waals surface area contributed by atoms with Crippen molar-refractivity contribution in [2.75, 3.05) is 0 Å². The molecule has 1 aromatic heterocycles. The molecule has 0 fully saturated rings. The zero-order valence-electron chi connectivity index (χ0n) is 8.56. The molecule has 84 valence electrons. The Morgan fingerprint density at radius 2 is 1.94 bits per heavy atom.